The van der Waals surface area contributed by atoms with Crippen LogP contribution in [0.5, 0.6) is 0 Å². The summed E-state index contributed by atoms with van der Waals surface area (Å²) in [6.07, 6.45) is 0.928. The lowest BCUT2D eigenvalue weighted by atomic mass is 10.1. The largest absolute Gasteiger partial charge is 0.381 e. The van der Waals surface area contributed by atoms with Gasteiger partial charge in [-0.25, -0.2) is 12.7 Å². The maximum absolute atomic E-state index is 12.6. The summed E-state index contributed by atoms with van der Waals surface area (Å²) in [5.41, 5.74) is 0.747. The van der Waals surface area contributed by atoms with Crippen LogP contribution in [0.4, 0.5) is 0 Å². The molecule has 4 nitrogen and oxygen atoms in total. The molecule has 0 amide bonds. The van der Waals surface area contributed by atoms with Crippen LogP contribution in [0.25, 0.3) is 0 Å². The van der Waals surface area contributed by atoms with Crippen molar-refractivity contribution in [3.05, 3.63) is 28.2 Å². The quantitative estimate of drug-likeness (QED) is 0.840. The molecule has 6 heteroatoms. The van der Waals surface area contributed by atoms with E-state index >= 15 is 0 Å². The zero-order chi connectivity index (χ0) is 14.0. The summed E-state index contributed by atoms with van der Waals surface area (Å²) in [6, 6.07) is 5.24. The number of hydrogen-bond acceptors (Lipinski definition) is 3. The number of rotatable bonds is 4. The Morgan fingerprint density at radius 1 is 1.47 bits per heavy atom. The summed E-state index contributed by atoms with van der Waals surface area (Å²) in [5.74, 6) is 0.298. The molecule has 1 aromatic rings. The summed E-state index contributed by atoms with van der Waals surface area (Å²) >= 11 is 3.37. The van der Waals surface area contributed by atoms with Gasteiger partial charge in [0.2, 0.25) is 10.0 Å². The van der Waals surface area contributed by atoms with Crippen molar-refractivity contribution in [2.24, 2.45) is 5.92 Å². The topological polar surface area (TPSA) is 46.6 Å². The summed E-state index contributed by atoms with van der Waals surface area (Å²) in [5, 5.41) is 0. The Balaban J connectivity index is 2.23. The normalized spacial score (nSPS) is 20.1. The molecule has 2 rings (SSSR count). The van der Waals surface area contributed by atoms with Gasteiger partial charge in [0.05, 0.1) is 11.5 Å². The van der Waals surface area contributed by atoms with E-state index in [4.69, 9.17) is 4.74 Å². The lowest BCUT2D eigenvalue weighted by Gasteiger charge is -2.21. The van der Waals surface area contributed by atoms with Crippen LogP contribution in [0.3, 0.4) is 0 Å². The Labute approximate surface area is 122 Å². The standard InChI is InChI=1S/C13H18BrNO3S/c1-10-12(14)4-3-5-13(10)19(16,17)15(2)8-11-6-7-18-9-11/h3-5,11H,6-9H2,1-2H3/t11-/m1/s1. The van der Waals surface area contributed by atoms with Crippen molar-refractivity contribution in [2.75, 3.05) is 26.8 Å². The van der Waals surface area contributed by atoms with Crippen LogP contribution in [0, 0.1) is 12.8 Å². The fourth-order valence-electron chi connectivity index (χ4n) is 2.22. The van der Waals surface area contributed by atoms with Crippen LogP contribution < -0.4 is 0 Å². The first-order valence-corrected chi connectivity index (χ1v) is 8.45. The van der Waals surface area contributed by atoms with Crippen molar-refractivity contribution < 1.29 is 13.2 Å². The van der Waals surface area contributed by atoms with Crippen molar-refractivity contribution in [3.8, 4) is 0 Å². The number of benzene rings is 1. The highest BCUT2D eigenvalue weighted by Gasteiger charge is 2.27. The van der Waals surface area contributed by atoms with Crippen LogP contribution in [0.2, 0.25) is 0 Å². The molecule has 1 aromatic carbocycles. The van der Waals surface area contributed by atoms with Gasteiger partial charge in [-0.2, -0.15) is 0 Å². The van der Waals surface area contributed by atoms with Gasteiger partial charge in [0.15, 0.2) is 0 Å². The molecular weight excluding hydrogens is 330 g/mol. The lowest BCUT2D eigenvalue weighted by molar-refractivity contribution is 0.182. The van der Waals surface area contributed by atoms with Gasteiger partial charge in [-0.15, -0.1) is 0 Å². The summed E-state index contributed by atoms with van der Waals surface area (Å²) in [4.78, 5) is 0.364. The van der Waals surface area contributed by atoms with E-state index in [9.17, 15) is 8.42 Å². The van der Waals surface area contributed by atoms with Gasteiger partial charge in [0.25, 0.3) is 0 Å². The van der Waals surface area contributed by atoms with E-state index in [0.29, 0.717) is 24.0 Å². The monoisotopic (exact) mass is 347 g/mol. The zero-order valence-corrected chi connectivity index (χ0v) is 13.5. The number of ether oxygens (including phenoxy) is 1. The Bertz CT molecular complexity index is 553. The van der Waals surface area contributed by atoms with Gasteiger partial charge in [-0.3, -0.25) is 0 Å². The van der Waals surface area contributed by atoms with Crippen LogP contribution >= 0.6 is 15.9 Å². The fourth-order valence-corrected chi connectivity index (χ4v) is 4.21. The van der Waals surface area contributed by atoms with Crippen LogP contribution in [0.1, 0.15) is 12.0 Å². The van der Waals surface area contributed by atoms with Gasteiger partial charge in [0.1, 0.15) is 0 Å². The molecule has 0 aromatic heterocycles. The first-order chi connectivity index (χ1) is 8.93. The molecule has 1 atom stereocenters. The molecule has 19 heavy (non-hydrogen) atoms. The molecule has 0 saturated carbocycles. The van der Waals surface area contributed by atoms with Gasteiger partial charge >= 0.3 is 0 Å². The van der Waals surface area contributed by atoms with Gasteiger partial charge < -0.3 is 4.74 Å². The van der Waals surface area contributed by atoms with Crippen molar-refractivity contribution >= 4 is 26.0 Å². The first-order valence-electron chi connectivity index (χ1n) is 6.22. The van der Waals surface area contributed by atoms with Gasteiger partial charge in [-0.1, -0.05) is 22.0 Å². The summed E-state index contributed by atoms with van der Waals surface area (Å²) in [6.45, 7) is 3.70. The van der Waals surface area contributed by atoms with E-state index in [-0.39, 0.29) is 0 Å². The maximum atomic E-state index is 12.6. The molecule has 0 N–H and O–H groups in total. The third-order valence-electron chi connectivity index (χ3n) is 3.45. The Kier molecular flexibility index (Phi) is 4.66. The lowest BCUT2D eigenvalue weighted by Crippen LogP contribution is -2.32. The maximum Gasteiger partial charge on any atom is 0.243 e. The third-order valence-corrected chi connectivity index (χ3v) is 6.27. The highest BCUT2D eigenvalue weighted by Crippen LogP contribution is 2.26. The van der Waals surface area contributed by atoms with Crippen molar-refractivity contribution in [1.29, 1.82) is 0 Å². The average molecular weight is 348 g/mol. The summed E-state index contributed by atoms with van der Waals surface area (Å²) < 4.78 is 32.6. The molecule has 0 radical (unpaired) electrons. The van der Waals surface area contributed by atoms with Crippen LogP contribution in [0.15, 0.2) is 27.6 Å². The Hall–Kier alpha value is -0.430. The van der Waals surface area contributed by atoms with Crippen molar-refractivity contribution in [2.45, 2.75) is 18.2 Å². The smallest absolute Gasteiger partial charge is 0.243 e. The number of hydrogen-bond donors (Lipinski definition) is 0. The molecule has 1 aliphatic heterocycles. The molecule has 0 aliphatic carbocycles. The van der Waals surface area contributed by atoms with Crippen molar-refractivity contribution in [1.82, 2.24) is 4.31 Å². The van der Waals surface area contributed by atoms with E-state index < -0.39 is 10.0 Å². The highest BCUT2D eigenvalue weighted by molar-refractivity contribution is 9.10. The predicted octanol–water partition coefficient (Wildman–Crippen LogP) is 2.41. The molecule has 0 spiro atoms. The minimum atomic E-state index is -3.43. The number of halogens is 1. The third kappa shape index (κ3) is 3.18. The molecule has 106 valence electrons. The second-order valence-corrected chi connectivity index (χ2v) is 7.75. The fraction of sp³-hybridized carbons (Fsp3) is 0.538. The number of nitrogens with zero attached hydrogens (tertiary/aromatic N) is 1. The Morgan fingerprint density at radius 3 is 2.84 bits per heavy atom. The molecule has 1 fully saturated rings. The molecule has 1 saturated heterocycles. The van der Waals surface area contributed by atoms with E-state index in [1.165, 1.54) is 4.31 Å². The molecule has 0 bridgehead atoms. The Morgan fingerprint density at radius 2 is 2.21 bits per heavy atom. The second kappa shape index (κ2) is 5.91. The summed E-state index contributed by atoms with van der Waals surface area (Å²) in [7, 11) is -1.80. The van der Waals surface area contributed by atoms with Crippen LogP contribution in [-0.2, 0) is 14.8 Å². The number of sulfonamides is 1. The molecule has 1 aliphatic rings. The SMILES string of the molecule is Cc1c(Br)cccc1S(=O)(=O)N(C)C[C@H]1CCOC1. The van der Waals surface area contributed by atoms with Crippen molar-refractivity contribution in [3.63, 3.8) is 0 Å². The minimum Gasteiger partial charge on any atom is -0.381 e. The molecule has 0 unspecified atom stereocenters. The highest BCUT2D eigenvalue weighted by atomic mass is 79.9. The van der Waals surface area contributed by atoms with Gasteiger partial charge in [0, 0.05) is 24.7 Å². The van der Waals surface area contributed by atoms with Crippen LogP contribution in [-0.4, -0.2) is 39.5 Å². The molecule has 1 heterocycles. The van der Waals surface area contributed by atoms with E-state index in [0.717, 1.165) is 23.1 Å². The van der Waals surface area contributed by atoms with E-state index in [2.05, 4.69) is 15.9 Å². The average Bonchev–Trinajstić information content (AvgIpc) is 2.85. The second-order valence-electron chi connectivity index (χ2n) is 4.88. The van der Waals surface area contributed by atoms with E-state index in [1.54, 1.807) is 19.2 Å². The predicted molar refractivity (Wildman–Crippen MR) is 77.6 cm³/mol. The zero-order valence-electron chi connectivity index (χ0n) is 11.1. The van der Waals surface area contributed by atoms with Gasteiger partial charge in [-0.05, 0) is 37.0 Å². The minimum absolute atomic E-state index is 0.298. The first kappa shape index (κ1) is 15.0. The van der Waals surface area contributed by atoms with E-state index in [1.807, 2.05) is 13.0 Å². The molecular formula is C13H18BrNO3S.